The van der Waals surface area contributed by atoms with E-state index in [1.165, 1.54) is 64.3 Å². The summed E-state index contributed by atoms with van der Waals surface area (Å²) >= 11 is 0. The van der Waals surface area contributed by atoms with Crippen molar-refractivity contribution in [3.63, 3.8) is 0 Å². The van der Waals surface area contributed by atoms with Gasteiger partial charge < -0.3 is 5.32 Å². The van der Waals surface area contributed by atoms with Crippen LogP contribution in [-0.4, -0.2) is 12.6 Å². The van der Waals surface area contributed by atoms with Crippen LogP contribution in [0.1, 0.15) is 64.7 Å². The third kappa shape index (κ3) is 3.79. The monoisotopic (exact) mass is 209 g/mol. The van der Waals surface area contributed by atoms with Crippen molar-refractivity contribution < 1.29 is 0 Å². The molecule has 0 bridgehead atoms. The molecule has 0 atom stereocenters. The van der Waals surface area contributed by atoms with Crippen molar-refractivity contribution in [2.24, 2.45) is 11.8 Å². The van der Waals surface area contributed by atoms with Crippen LogP contribution in [0.15, 0.2) is 0 Å². The second-order valence-corrected chi connectivity index (χ2v) is 5.87. The van der Waals surface area contributed by atoms with Crippen LogP contribution in [-0.2, 0) is 0 Å². The lowest BCUT2D eigenvalue weighted by Gasteiger charge is -2.29. The molecule has 1 N–H and O–H groups in total. The Labute approximate surface area is 95.0 Å². The number of rotatable bonds is 3. The maximum atomic E-state index is 3.81. The summed E-state index contributed by atoms with van der Waals surface area (Å²) in [7, 11) is 0. The molecule has 0 amide bonds. The minimum atomic E-state index is 0.859. The average Bonchev–Trinajstić information content (AvgIpc) is 2.30. The summed E-state index contributed by atoms with van der Waals surface area (Å²) in [5, 5.41) is 3.81. The zero-order valence-corrected chi connectivity index (χ0v) is 10.3. The van der Waals surface area contributed by atoms with E-state index in [1.807, 2.05) is 0 Å². The molecule has 2 fully saturated rings. The van der Waals surface area contributed by atoms with E-state index in [-0.39, 0.29) is 0 Å². The molecule has 0 unspecified atom stereocenters. The molecule has 2 saturated carbocycles. The standard InChI is InChI=1S/C14H27N/c1-12-7-9-13(10-8-12)11-15-14-5-3-2-4-6-14/h12-15H,2-11H2,1H3. The fourth-order valence-corrected chi connectivity index (χ4v) is 3.17. The van der Waals surface area contributed by atoms with Crippen molar-refractivity contribution in [1.82, 2.24) is 5.32 Å². The van der Waals surface area contributed by atoms with Gasteiger partial charge in [-0.25, -0.2) is 0 Å². The van der Waals surface area contributed by atoms with Gasteiger partial charge in [-0.2, -0.15) is 0 Å². The van der Waals surface area contributed by atoms with Gasteiger partial charge in [0.25, 0.3) is 0 Å². The Kier molecular flexibility index (Phi) is 4.49. The number of hydrogen-bond acceptors (Lipinski definition) is 1. The highest BCUT2D eigenvalue weighted by molar-refractivity contribution is 4.76. The first kappa shape index (κ1) is 11.4. The molecule has 15 heavy (non-hydrogen) atoms. The predicted octanol–water partition coefficient (Wildman–Crippen LogP) is 3.74. The minimum absolute atomic E-state index is 0.859. The van der Waals surface area contributed by atoms with Crippen LogP contribution in [0.3, 0.4) is 0 Å². The van der Waals surface area contributed by atoms with E-state index in [0.29, 0.717) is 0 Å². The molecule has 0 aromatic rings. The summed E-state index contributed by atoms with van der Waals surface area (Å²) in [4.78, 5) is 0. The van der Waals surface area contributed by atoms with E-state index in [9.17, 15) is 0 Å². The van der Waals surface area contributed by atoms with Crippen LogP contribution in [0.4, 0.5) is 0 Å². The van der Waals surface area contributed by atoms with Crippen molar-refractivity contribution in [1.29, 1.82) is 0 Å². The van der Waals surface area contributed by atoms with Crippen LogP contribution in [0.5, 0.6) is 0 Å². The normalized spacial score (nSPS) is 34.2. The molecule has 0 radical (unpaired) electrons. The van der Waals surface area contributed by atoms with Gasteiger partial charge in [-0.1, -0.05) is 39.0 Å². The first-order valence-corrected chi connectivity index (χ1v) is 7.08. The highest BCUT2D eigenvalue weighted by Gasteiger charge is 2.19. The van der Waals surface area contributed by atoms with E-state index < -0.39 is 0 Å². The first-order chi connectivity index (χ1) is 7.34. The Morgan fingerprint density at radius 2 is 1.53 bits per heavy atom. The van der Waals surface area contributed by atoms with Crippen molar-refractivity contribution >= 4 is 0 Å². The topological polar surface area (TPSA) is 12.0 Å². The lowest BCUT2D eigenvalue weighted by atomic mass is 9.83. The fourth-order valence-electron chi connectivity index (χ4n) is 3.17. The van der Waals surface area contributed by atoms with Gasteiger partial charge in [-0.15, -0.1) is 0 Å². The number of nitrogens with one attached hydrogen (secondary N) is 1. The van der Waals surface area contributed by atoms with Gasteiger partial charge in [-0.3, -0.25) is 0 Å². The molecule has 1 nitrogen and oxygen atoms in total. The van der Waals surface area contributed by atoms with Crippen LogP contribution in [0, 0.1) is 11.8 Å². The maximum Gasteiger partial charge on any atom is 0.00671 e. The second-order valence-electron chi connectivity index (χ2n) is 5.87. The summed E-state index contributed by atoms with van der Waals surface area (Å²) in [5.74, 6) is 1.99. The minimum Gasteiger partial charge on any atom is -0.314 e. The Hall–Kier alpha value is -0.0400. The lowest BCUT2D eigenvalue weighted by Crippen LogP contribution is -2.35. The van der Waals surface area contributed by atoms with Gasteiger partial charge >= 0.3 is 0 Å². The molecular weight excluding hydrogens is 182 g/mol. The Bertz CT molecular complexity index is 164. The van der Waals surface area contributed by atoms with Gasteiger partial charge in [0.05, 0.1) is 0 Å². The molecule has 0 aromatic heterocycles. The van der Waals surface area contributed by atoms with Gasteiger partial charge in [0.1, 0.15) is 0 Å². The zero-order valence-electron chi connectivity index (χ0n) is 10.3. The second kappa shape index (κ2) is 5.89. The molecule has 88 valence electrons. The van der Waals surface area contributed by atoms with Gasteiger partial charge in [0.2, 0.25) is 0 Å². The smallest absolute Gasteiger partial charge is 0.00671 e. The van der Waals surface area contributed by atoms with E-state index in [2.05, 4.69) is 12.2 Å². The molecule has 2 aliphatic rings. The third-order valence-electron chi connectivity index (χ3n) is 4.44. The summed E-state index contributed by atoms with van der Waals surface area (Å²) < 4.78 is 0. The molecule has 0 aliphatic heterocycles. The van der Waals surface area contributed by atoms with E-state index in [1.54, 1.807) is 0 Å². The quantitative estimate of drug-likeness (QED) is 0.746. The van der Waals surface area contributed by atoms with Crippen LogP contribution < -0.4 is 5.32 Å². The average molecular weight is 209 g/mol. The summed E-state index contributed by atoms with van der Waals surface area (Å²) in [6.45, 7) is 3.71. The molecular formula is C14H27N. The molecule has 0 aromatic carbocycles. The predicted molar refractivity (Wildman–Crippen MR) is 66.0 cm³/mol. The van der Waals surface area contributed by atoms with Crippen LogP contribution >= 0.6 is 0 Å². The van der Waals surface area contributed by atoms with Crippen molar-refractivity contribution in [3.8, 4) is 0 Å². The van der Waals surface area contributed by atoms with E-state index >= 15 is 0 Å². The van der Waals surface area contributed by atoms with Gasteiger partial charge in [0.15, 0.2) is 0 Å². The molecule has 0 spiro atoms. The highest BCUT2D eigenvalue weighted by Crippen LogP contribution is 2.28. The largest absolute Gasteiger partial charge is 0.314 e. The molecule has 0 heterocycles. The maximum absolute atomic E-state index is 3.81. The molecule has 2 aliphatic carbocycles. The molecule has 0 saturated heterocycles. The molecule has 1 heteroatoms. The van der Waals surface area contributed by atoms with Crippen molar-refractivity contribution in [2.45, 2.75) is 70.8 Å². The van der Waals surface area contributed by atoms with Crippen molar-refractivity contribution in [2.75, 3.05) is 6.54 Å². The summed E-state index contributed by atoms with van der Waals surface area (Å²) in [6.07, 6.45) is 13.1. The van der Waals surface area contributed by atoms with Crippen LogP contribution in [0.2, 0.25) is 0 Å². The summed E-state index contributed by atoms with van der Waals surface area (Å²) in [5.41, 5.74) is 0. The Morgan fingerprint density at radius 3 is 2.20 bits per heavy atom. The number of hydrogen-bond donors (Lipinski definition) is 1. The van der Waals surface area contributed by atoms with Crippen molar-refractivity contribution in [3.05, 3.63) is 0 Å². The Morgan fingerprint density at radius 1 is 0.867 bits per heavy atom. The van der Waals surface area contributed by atoms with Gasteiger partial charge in [-0.05, 0) is 44.1 Å². The zero-order chi connectivity index (χ0) is 10.5. The summed E-state index contributed by atoms with van der Waals surface area (Å²) in [6, 6.07) is 0.859. The fraction of sp³-hybridized carbons (Fsp3) is 1.00. The van der Waals surface area contributed by atoms with E-state index in [4.69, 9.17) is 0 Å². The first-order valence-electron chi connectivity index (χ1n) is 7.08. The van der Waals surface area contributed by atoms with E-state index in [0.717, 1.165) is 17.9 Å². The van der Waals surface area contributed by atoms with Crippen LogP contribution in [0.25, 0.3) is 0 Å². The molecule has 2 rings (SSSR count). The SMILES string of the molecule is CC1CCC(CNC2CCCCC2)CC1. The third-order valence-corrected chi connectivity index (χ3v) is 4.44. The highest BCUT2D eigenvalue weighted by atomic mass is 14.9. The lowest BCUT2D eigenvalue weighted by molar-refractivity contribution is 0.262. The Balaban J connectivity index is 1.60. The van der Waals surface area contributed by atoms with Gasteiger partial charge in [0, 0.05) is 6.04 Å².